The van der Waals surface area contributed by atoms with Crippen molar-refractivity contribution in [1.29, 1.82) is 5.26 Å². The van der Waals surface area contributed by atoms with Crippen LogP contribution in [0.3, 0.4) is 0 Å². The number of halogens is 1. The molecule has 1 aromatic rings. The van der Waals surface area contributed by atoms with Crippen LogP contribution < -0.4 is 0 Å². The van der Waals surface area contributed by atoms with Crippen LogP contribution in [0.15, 0.2) is 18.2 Å². The first kappa shape index (κ1) is 15.5. The molecule has 1 saturated heterocycles. The minimum atomic E-state index is -0.296. The Balaban J connectivity index is 2.06. The Kier molecular flexibility index (Phi) is 4.92. The fourth-order valence-corrected chi connectivity index (χ4v) is 2.77. The van der Waals surface area contributed by atoms with Gasteiger partial charge in [-0.25, -0.2) is 4.39 Å². The highest BCUT2D eigenvalue weighted by atomic mass is 19.1. The second-order valence-corrected chi connectivity index (χ2v) is 5.72. The van der Waals surface area contributed by atoms with Crippen molar-refractivity contribution in [2.45, 2.75) is 19.4 Å². The Morgan fingerprint density at radius 1 is 1.52 bits per heavy atom. The maximum absolute atomic E-state index is 13.8. The van der Waals surface area contributed by atoms with Crippen molar-refractivity contribution >= 4 is 5.91 Å². The molecule has 1 aromatic carbocycles. The first-order valence-electron chi connectivity index (χ1n) is 7.13. The fraction of sp³-hybridized carbons (Fsp3) is 0.500. The van der Waals surface area contributed by atoms with Gasteiger partial charge in [0, 0.05) is 32.7 Å². The van der Waals surface area contributed by atoms with Gasteiger partial charge in [-0.2, -0.15) is 5.26 Å². The zero-order chi connectivity index (χ0) is 15.4. The molecule has 112 valence electrons. The number of piperidine rings is 1. The van der Waals surface area contributed by atoms with Gasteiger partial charge in [-0.3, -0.25) is 9.69 Å². The summed E-state index contributed by atoms with van der Waals surface area (Å²) in [5.41, 5.74) is 0.983. The van der Waals surface area contributed by atoms with Gasteiger partial charge in [0.05, 0.1) is 17.6 Å². The molecule has 1 heterocycles. The lowest BCUT2D eigenvalue weighted by molar-refractivity contribution is -0.134. The van der Waals surface area contributed by atoms with E-state index in [2.05, 4.69) is 4.90 Å². The molecule has 5 heteroatoms. The fourth-order valence-electron chi connectivity index (χ4n) is 2.77. The summed E-state index contributed by atoms with van der Waals surface area (Å²) in [6, 6.07) is 6.43. The number of carbonyl (C=O) groups excluding carboxylic acids is 1. The zero-order valence-electron chi connectivity index (χ0n) is 12.5. The molecule has 1 atom stereocenters. The van der Waals surface area contributed by atoms with E-state index in [1.54, 1.807) is 25.1 Å². The van der Waals surface area contributed by atoms with E-state index in [-0.39, 0.29) is 17.6 Å². The van der Waals surface area contributed by atoms with Crippen LogP contribution in [0.5, 0.6) is 0 Å². The van der Waals surface area contributed by atoms with E-state index in [9.17, 15) is 9.18 Å². The van der Waals surface area contributed by atoms with Crippen LogP contribution in [-0.4, -0.2) is 42.9 Å². The van der Waals surface area contributed by atoms with Crippen LogP contribution in [0, 0.1) is 23.1 Å². The molecule has 0 spiro atoms. The second kappa shape index (κ2) is 6.68. The molecular weight excluding hydrogens is 269 g/mol. The normalized spacial score (nSPS) is 19.0. The summed E-state index contributed by atoms with van der Waals surface area (Å²) >= 11 is 0. The summed E-state index contributed by atoms with van der Waals surface area (Å²) in [4.78, 5) is 15.8. The molecule has 0 N–H and O–H groups in total. The van der Waals surface area contributed by atoms with E-state index in [1.165, 1.54) is 12.1 Å². The van der Waals surface area contributed by atoms with Gasteiger partial charge < -0.3 is 4.90 Å². The molecule has 1 aliphatic rings. The third-order valence-electron chi connectivity index (χ3n) is 3.86. The SMILES string of the molecule is CN(C)C(=O)C1CCCN(Cc2cc(C#N)ccc2F)C1. The van der Waals surface area contributed by atoms with Gasteiger partial charge in [-0.05, 0) is 37.6 Å². The predicted molar refractivity (Wildman–Crippen MR) is 77.8 cm³/mol. The van der Waals surface area contributed by atoms with Gasteiger partial charge in [-0.15, -0.1) is 0 Å². The highest BCUT2D eigenvalue weighted by Crippen LogP contribution is 2.21. The Morgan fingerprint density at radius 2 is 2.29 bits per heavy atom. The molecule has 21 heavy (non-hydrogen) atoms. The van der Waals surface area contributed by atoms with Gasteiger partial charge in [0.25, 0.3) is 0 Å². The van der Waals surface area contributed by atoms with Crippen molar-refractivity contribution in [3.05, 3.63) is 35.1 Å². The molecule has 1 unspecified atom stereocenters. The second-order valence-electron chi connectivity index (χ2n) is 5.72. The van der Waals surface area contributed by atoms with Gasteiger partial charge >= 0.3 is 0 Å². The molecule has 1 aliphatic heterocycles. The summed E-state index contributed by atoms with van der Waals surface area (Å²) in [5, 5.41) is 8.90. The van der Waals surface area contributed by atoms with E-state index >= 15 is 0 Å². The Morgan fingerprint density at radius 3 is 2.95 bits per heavy atom. The average molecular weight is 289 g/mol. The number of benzene rings is 1. The van der Waals surface area contributed by atoms with E-state index in [1.807, 2.05) is 6.07 Å². The molecule has 0 bridgehead atoms. The Hall–Kier alpha value is -1.93. The summed E-state index contributed by atoms with van der Waals surface area (Å²) in [7, 11) is 3.52. The monoisotopic (exact) mass is 289 g/mol. The highest BCUT2D eigenvalue weighted by Gasteiger charge is 2.27. The molecule has 0 radical (unpaired) electrons. The van der Waals surface area contributed by atoms with E-state index in [0.29, 0.717) is 24.2 Å². The largest absolute Gasteiger partial charge is 0.349 e. The lowest BCUT2D eigenvalue weighted by Gasteiger charge is -2.33. The minimum Gasteiger partial charge on any atom is -0.349 e. The first-order valence-corrected chi connectivity index (χ1v) is 7.13. The van der Waals surface area contributed by atoms with Crippen LogP contribution in [0.25, 0.3) is 0 Å². The summed E-state index contributed by atoms with van der Waals surface area (Å²) in [5.74, 6) is -0.183. The molecule has 0 saturated carbocycles. The maximum atomic E-state index is 13.8. The molecular formula is C16H20FN3O. The number of carbonyl (C=O) groups is 1. The topological polar surface area (TPSA) is 47.3 Å². The number of nitriles is 1. The Bertz CT molecular complexity index is 565. The van der Waals surface area contributed by atoms with E-state index in [4.69, 9.17) is 5.26 Å². The summed E-state index contributed by atoms with van der Waals surface area (Å²) in [6.07, 6.45) is 1.82. The average Bonchev–Trinajstić information content (AvgIpc) is 2.49. The van der Waals surface area contributed by atoms with Gasteiger partial charge in [0.1, 0.15) is 5.82 Å². The standard InChI is InChI=1S/C16H20FN3O/c1-19(2)16(21)13-4-3-7-20(10-13)11-14-8-12(9-18)5-6-15(14)17/h5-6,8,13H,3-4,7,10-11H2,1-2H3. The number of amides is 1. The van der Waals surface area contributed by atoms with Crippen LogP contribution in [0.1, 0.15) is 24.0 Å². The van der Waals surface area contributed by atoms with E-state index in [0.717, 1.165) is 19.4 Å². The minimum absolute atomic E-state index is 0.0176. The highest BCUT2D eigenvalue weighted by molar-refractivity contribution is 5.78. The van der Waals surface area contributed by atoms with Crippen molar-refractivity contribution in [3.8, 4) is 6.07 Å². The molecule has 2 rings (SSSR count). The van der Waals surface area contributed by atoms with Gasteiger partial charge in [-0.1, -0.05) is 0 Å². The molecule has 0 aromatic heterocycles. The van der Waals surface area contributed by atoms with Crippen molar-refractivity contribution in [3.63, 3.8) is 0 Å². The molecule has 1 amide bonds. The third-order valence-corrected chi connectivity index (χ3v) is 3.86. The van der Waals surface area contributed by atoms with Crippen LogP contribution in [0.4, 0.5) is 4.39 Å². The number of nitrogens with zero attached hydrogens (tertiary/aromatic N) is 3. The summed E-state index contributed by atoms with van der Waals surface area (Å²) in [6.45, 7) is 1.94. The van der Waals surface area contributed by atoms with Crippen molar-refractivity contribution in [1.82, 2.24) is 9.80 Å². The number of hydrogen-bond acceptors (Lipinski definition) is 3. The van der Waals surface area contributed by atoms with Crippen LogP contribution >= 0.6 is 0 Å². The van der Waals surface area contributed by atoms with Crippen molar-refractivity contribution in [2.75, 3.05) is 27.2 Å². The lowest BCUT2D eigenvalue weighted by Crippen LogP contribution is -2.42. The third kappa shape index (κ3) is 3.79. The molecule has 4 nitrogen and oxygen atoms in total. The lowest BCUT2D eigenvalue weighted by atomic mass is 9.96. The number of likely N-dealkylation sites (tertiary alicyclic amines) is 1. The van der Waals surface area contributed by atoms with Gasteiger partial charge in [0.2, 0.25) is 5.91 Å². The van der Waals surface area contributed by atoms with Gasteiger partial charge in [0.15, 0.2) is 0 Å². The quantitative estimate of drug-likeness (QED) is 0.855. The van der Waals surface area contributed by atoms with Crippen LogP contribution in [0.2, 0.25) is 0 Å². The maximum Gasteiger partial charge on any atom is 0.226 e. The smallest absolute Gasteiger partial charge is 0.226 e. The molecule has 1 fully saturated rings. The predicted octanol–water partition coefficient (Wildman–Crippen LogP) is 2.00. The van der Waals surface area contributed by atoms with E-state index < -0.39 is 0 Å². The summed E-state index contributed by atoms with van der Waals surface area (Å²) < 4.78 is 13.8. The van der Waals surface area contributed by atoms with Crippen molar-refractivity contribution < 1.29 is 9.18 Å². The first-order chi connectivity index (χ1) is 10.0. The number of hydrogen-bond donors (Lipinski definition) is 0. The zero-order valence-corrected chi connectivity index (χ0v) is 12.5. The van der Waals surface area contributed by atoms with Crippen LogP contribution in [-0.2, 0) is 11.3 Å². The number of rotatable bonds is 3. The molecule has 0 aliphatic carbocycles. The Labute approximate surface area is 124 Å². The van der Waals surface area contributed by atoms with Crippen molar-refractivity contribution in [2.24, 2.45) is 5.92 Å².